The number of carbonyl (C=O) groups is 3. The molecule has 1 saturated heterocycles. The van der Waals surface area contributed by atoms with Crippen LogP contribution in [0.5, 0.6) is 0 Å². The first kappa shape index (κ1) is 24.7. The molecule has 6 atom stereocenters. The molecule has 12 heteroatoms. The van der Waals surface area contributed by atoms with Crippen molar-refractivity contribution in [3.8, 4) is 0 Å². The standard InChI is InChI=1S/C24H30F2O9S/c1-2-23(12-4-10-3-11(6-12)7-13(23)5-10)35-21(28)17-15-8-14-16(18(17)27)9-33-19(14)20(15)34-22(29)24(25,26)36(30,31)32/h10-17,19-20H,2-9H2,1H3,(H,30,31,32). The second-order valence-electron chi connectivity index (χ2n) is 11.7. The first-order valence-corrected chi connectivity index (χ1v) is 14.3. The largest absolute Gasteiger partial charge is 0.465 e. The monoisotopic (exact) mass is 532 g/mol. The van der Waals surface area contributed by atoms with Crippen molar-refractivity contribution in [3.63, 3.8) is 0 Å². The third kappa shape index (κ3) is 3.28. The Morgan fingerprint density at radius 3 is 2.25 bits per heavy atom. The molecule has 0 radical (unpaired) electrons. The Balaban J connectivity index is 1.27. The van der Waals surface area contributed by atoms with E-state index in [1.165, 1.54) is 6.42 Å². The highest BCUT2D eigenvalue weighted by Crippen LogP contribution is 2.61. The van der Waals surface area contributed by atoms with Crippen LogP contribution in [-0.2, 0) is 38.7 Å². The van der Waals surface area contributed by atoms with Crippen LogP contribution in [0.15, 0.2) is 0 Å². The van der Waals surface area contributed by atoms with Gasteiger partial charge < -0.3 is 14.2 Å². The lowest BCUT2D eigenvalue weighted by Crippen LogP contribution is -2.60. The van der Waals surface area contributed by atoms with Crippen LogP contribution in [0.2, 0.25) is 0 Å². The number of fused-ring (bicyclic) bond motifs is 1. The fourth-order valence-electron chi connectivity index (χ4n) is 8.87. The van der Waals surface area contributed by atoms with E-state index in [1.807, 2.05) is 6.92 Å². The maximum absolute atomic E-state index is 14.0. The Hall–Kier alpha value is -1.66. The topological polar surface area (TPSA) is 133 Å². The van der Waals surface area contributed by atoms with Gasteiger partial charge in [0.15, 0.2) is 5.78 Å². The molecule has 0 aromatic carbocycles. The van der Waals surface area contributed by atoms with Crippen LogP contribution >= 0.6 is 0 Å². The summed E-state index contributed by atoms with van der Waals surface area (Å²) in [6, 6.07) is 0. The van der Waals surface area contributed by atoms with Crippen molar-refractivity contribution in [2.45, 2.75) is 74.9 Å². The summed E-state index contributed by atoms with van der Waals surface area (Å²) in [6.07, 6.45) is 3.68. The van der Waals surface area contributed by atoms with Crippen LogP contribution in [-0.4, -0.2) is 60.4 Å². The number of alkyl halides is 2. The highest BCUT2D eigenvalue weighted by atomic mass is 32.2. The summed E-state index contributed by atoms with van der Waals surface area (Å²) >= 11 is 0. The van der Waals surface area contributed by atoms with Crippen LogP contribution in [0.4, 0.5) is 8.78 Å². The van der Waals surface area contributed by atoms with Gasteiger partial charge in [0.2, 0.25) is 0 Å². The van der Waals surface area contributed by atoms with Gasteiger partial charge in [-0.05, 0) is 68.6 Å². The van der Waals surface area contributed by atoms with E-state index in [-0.39, 0.29) is 24.9 Å². The molecule has 0 spiro atoms. The smallest absolute Gasteiger partial charge is 0.458 e. The SMILES string of the molecule is CCC1(OC(=O)C2C(=O)C3COC4C3CC2C4OC(=O)C(F)(F)S(=O)(=O)O)C2CC3CC(C2)CC1C3. The third-order valence-electron chi connectivity index (χ3n) is 10.2. The lowest BCUT2D eigenvalue weighted by Gasteiger charge is -2.60. The molecule has 0 aromatic heterocycles. The fraction of sp³-hybridized carbons (Fsp3) is 0.875. The van der Waals surface area contributed by atoms with Crippen LogP contribution in [0.25, 0.3) is 0 Å². The Morgan fingerprint density at radius 1 is 1.08 bits per heavy atom. The number of ether oxygens (including phenoxy) is 3. The minimum absolute atomic E-state index is 0.0407. The molecule has 9 nitrogen and oxygen atoms in total. The molecule has 7 fully saturated rings. The second kappa shape index (κ2) is 7.92. The van der Waals surface area contributed by atoms with E-state index in [0.717, 1.165) is 25.7 Å². The Bertz CT molecular complexity index is 1080. The summed E-state index contributed by atoms with van der Waals surface area (Å²) in [5, 5.41) is -5.19. The van der Waals surface area contributed by atoms with Crippen molar-refractivity contribution in [1.82, 2.24) is 0 Å². The van der Waals surface area contributed by atoms with E-state index >= 15 is 0 Å². The van der Waals surface area contributed by atoms with E-state index < -0.39 is 74.6 Å². The van der Waals surface area contributed by atoms with Gasteiger partial charge in [-0.15, -0.1) is 0 Å². The van der Waals surface area contributed by atoms with Crippen LogP contribution in [0.3, 0.4) is 0 Å². The van der Waals surface area contributed by atoms with Gasteiger partial charge in [0, 0.05) is 17.8 Å². The average Bonchev–Trinajstić information content (AvgIpc) is 3.34. The number of carbonyl (C=O) groups excluding carboxylic acids is 3. The average molecular weight is 533 g/mol. The van der Waals surface area contributed by atoms with Crippen molar-refractivity contribution in [3.05, 3.63) is 0 Å². The van der Waals surface area contributed by atoms with E-state index in [1.54, 1.807) is 0 Å². The lowest BCUT2D eigenvalue weighted by atomic mass is 9.49. The summed E-state index contributed by atoms with van der Waals surface area (Å²) in [7, 11) is -6.07. The van der Waals surface area contributed by atoms with Crippen molar-refractivity contribution >= 4 is 27.8 Å². The van der Waals surface area contributed by atoms with E-state index in [2.05, 4.69) is 0 Å². The summed E-state index contributed by atoms with van der Waals surface area (Å²) in [5.74, 6) is -5.21. The molecule has 1 aliphatic heterocycles. The molecule has 6 saturated carbocycles. The van der Waals surface area contributed by atoms with Gasteiger partial charge in [-0.2, -0.15) is 17.2 Å². The zero-order chi connectivity index (χ0) is 25.8. The van der Waals surface area contributed by atoms with Crippen molar-refractivity contribution < 1.29 is 50.3 Å². The number of halogens is 2. The molecule has 200 valence electrons. The predicted octanol–water partition coefficient (Wildman–Crippen LogP) is 2.38. The molecular weight excluding hydrogens is 502 g/mol. The quantitative estimate of drug-likeness (QED) is 0.311. The number of hydrogen-bond acceptors (Lipinski definition) is 8. The molecule has 1 heterocycles. The summed E-state index contributed by atoms with van der Waals surface area (Å²) < 4.78 is 75.5. The van der Waals surface area contributed by atoms with E-state index in [4.69, 9.17) is 18.8 Å². The zero-order valence-corrected chi connectivity index (χ0v) is 20.6. The molecule has 1 N–H and O–H groups in total. The van der Waals surface area contributed by atoms with Crippen molar-refractivity contribution in [2.24, 2.45) is 47.3 Å². The molecule has 6 bridgehead atoms. The number of rotatable bonds is 6. The molecule has 7 aliphatic rings. The normalized spacial score (nSPS) is 46.7. The first-order valence-electron chi connectivity index (χ1n) is 12.8. The van der Waals surface area contributed by atoms with Gasteiger partial charge in [-0.3, -0.25) is 14.1 Å². The number of ketones is 1. The minimum Gasteiger partial charge on any atom is -0.458 e. The summed E-state index contributed by atoms with van der Waals surface area (Å²) in [6.45, 7) is 1.95. The third-order valence-corrected chi connectivity index (χ3v) is 11.0. The molecule has 0 aromatic rings. The maximum atomic E-state index is 14.0. The van der Waals surface area contributed by atoms with Gasteiger partial charge >= 0.3 is 27.3 Å². The Kier molecular flexibility index (Phi) is 5.43. The number of esters is 2. The summed E-state index contributed by atoms with van der Waals surface area (Å²) in [5.41, 5.74) is -0.667. The summed E-state index contributed by atoms with van der Waals surface area (Å²) in [4.78, 5) is 39.2. The predicted molar refractivity (Wildman–Crippen MR) is 116 cm³/mol. The molecule has 7 rings (SSSR count). The first-order chi connectivity index (χ1) is 16.9. The second-order valence-corrected chi connectivity index (χ2v) is 13.2. The fourth-order valence-corrected chi connectivity index (χ4v) is 9.13. The van der Waals surface area contributed by atoms with E-state index in [0.29, 0.717) is 18.3 Å². The van der Waals surface area contributed by atoms with Gasteiger partial charge in [0.05, 0.1) is 12.7 Å². The van der Waals surface area contributed by atoms with Crippen LogP contribution in [0, 0.1) is 47.3 Å². The zero-order valence-electron chi connectivity index (χ0n) is 19.8. The number of hydrogen-bond donors (Lipinski definition) is 1. The molecule has 36 heavy (non-hydrogen) atoms. The van der Waals surface area contributed by atoms with Crippen LogP contribution < -0.4 is 0 Å². The molecule has 6 aliphatic carbocycles. The maximum Gasteiger partial charge on any atom is 0.465 e. The van der Waals surface area contributed by atoms with Crippen molar-refractivity contribution in [2.75, 3.05) is 6.61 Å². The number of Topliss-reactive ketones (excluding diaryl/α,β-unsaturated/α-hetero) is 1. The van der Waals surface area contributed by atoms with E-state index in [9.17, 15) is 31.6 Å². The van der Waals surface area contributed by atoms with Crippen LogP contribution in [0.1, 0.15) is 51.9 Å². The highest BCUT2D eigenvalue weighted by molar-refractivity contribution is 7.87. The van der Waals surface area contributed by atoms with Gasteiger partial charge in [0.25, 0.3) is 0 Å². The lowest BCUT2D eigenvalue weighted by molar-refractivity contribution is -0.218. The molecule has 6 unspecified atom stereocenters. The van der Waals surface area contributed by atoms with Gasteiger partial charge in [-0.1, -0.05) is 6.92 Å². The highest BCUT2D eigenvalue weighted by Gasteiger charge is 2.67. The Morgan fingerprint density at radius 2 is 1.69 bits per heavy atom. The molecule has 0 amide bonds. The van der Waals surface area contributed by atoms with Crippen molar-refractivity contribution in [1.29, 1.82) is 0 Å². The van der Waals surface area contributed by atoms with Gasteiger partial charge in [-0.25, -0.2) is 4.79 Å². The Labute approximate surface area is 207 Å². The minimum atomic E-state index is -6.07. The molecular formula is C24H30F2O9S. The van der Waals surface area contributed by atoms with Gasteiger partial charge in [0.1, 0.15) is 17.6 Å².